The second-order valence-corrected chi connectivity index (χ2v) is 4.73. The number of carbonyl (C=O) groups excluding carboxylic acids is 1. The lowest BCUT2D eigenvalue weighted by Crippen LogP contribution is -2.12. The van der Waals surface area contributed by atoms with E-state index >= 15 is 0 Å². The molecule has 18 heavy (non-hydrogen) atoms. The number of alkyl halides is 3. The predicted octanol–water partition coefficient (Wildman–Crippen LogP) is 3.47. The summed E-state index contributed by atoms with van der Waals surface area (Å²) in [5.74, 6) is -0.471. The van der Waals surface area contributed by atoms with Crippen molar-refractivity contribution in [2.45, 2.75) is 25.7 Å². The van der Waals surface area contributed by atoms with Crippen LogP contribution in [0.5, 0.6) is 0 Å². The molecule has 0 aliphatic carbocycles. The van der Waals surface area contributed by atoms with Crippen molar-refractivity contribution in [2.75, 3.05) is 6.61 Å². The molecule has 1 aromatic rings. The van der Waals surface area contributed by atoms with Gasteiger partial charge in [-0.15, -0.1) is 11.6 Å². The van der Waals surface area contributed by atoms with Crippen molar-refractivity contribution in [1.29, 1.82) is 0 Å². The Morgan fingerprint density at radius 3 is 2.78 bits per heavy atom. The molecule has 0 N–H and O–H groups in total. The normalized spacial score (nSPS) is 10.8. The summed E-state index contributed by atoms with van der Waals surface area (Å²) in [6.07, 6.45) is -2.75. The van der Waals surface area contributed by atoms with E-state index in [0.717, 1.165) is 0 Å². The lowest BCUT2D eigenvalue weighted by atomic mass is 10.1. The lowest BCUT2D eigenvalue weighted by molar-refractivity contribution is -0.142. The SMILES string of the molecule is CCOC(=O)Cc1nc(CCl)cc(C(F)F)c1I. The highest BCUT2D eigenvalue weighted by Crippen LogP contribution is 2.27. The molecule has 0 spiro atoms. The van der Waals surface area contributed by atoms with E-state index in [2.05, 4.69) is 4.98 Å². The van der Waals surface area contributed by atoms with Crippen molar-refractivity contribution in [1.82, 2.24) is 4.98 Å². The van der Waals surface area contributed by atoms with Crippen LogP contribution in [0.3, 0.4) is 0 Å². The molecule has 7 heteroatoms. The Balaban J connectivity index is 3.09. The minimum atomic E-state index is -2.62. The highest BCUT2D eigenvalue weighted by molar-refractivity contribution is 14.1. The van der Waals surface area contributed by atoms with Crippen molar-refractivity contribution >= 4 is 40.2 Å². The highest BCUT2D eigenvalue weighted by Gasteiger charge is 2.19. The first-order chi connectivity index (χ1) is 8.49. The summed E-state index contributed by atoms with van der Waals surface area (Å²) in [6, 6.07) is 1.26. The van der Waals surface area contributed by atoms with Crippen LogP contribution in [0, 0.1) is 3.57 Å². The third kappa shape index (κ3) is 4.01. The minimum absolute atomic E-state index is 0.0203. The molecule has 0 fully saturated rings. The summed E-state index contributed by atoms with van der Waals surface area (Å²) in [6.45, 7) is 1.92. The van der Waals surface area contributed by atoms with Crippen molar-refractivity contribution in [3.63, 3.8) is 0 Å². The summed E-state index contributed by atoms with van der Waals surface area (Å²) in [7, 11) is 0. The molecule has 1 rings (SSSR count). The fourth-order valence-electron chi connectivity index (χ4n) is 1.36. The van der Waals surface area contributed by atoms with Gasteiger partial charge in [-0.3, -0.25) is 9.78 Å². The highest BCUT2D eigenvalue weighted by atomic mass is 127. The Morgan fingerprint density at radius 1 is 1.61 bits per heavy atom. The van der Waals surface area contributed by atoms with Gasteiger partial charge >= 0.3 is 5.97 Å². The molecule has 0 unspecified atom stereocenters. The number of pyridine rings is 1. The molecule has 0 amide bonds. The first-order valence-corrected chi connectivity index (χ1v) is 6.78. The van der Waals surface area contributed by atoms with Crippen molar-refractivity contribution < 1.29 is 18.3 Å². The monoisotopic (exact) mass is 389 g/mol. The maximum absolute atomic E-state index is 12.8. The number of hydrogen-bond acceptors (Lipinski definition) is 3. The third-order valence-electron chi connectivity index (χ3n) is 2.10. The van der Waals surface area contributed by atoms with Gasteiger partial charge in [-0.05, 0) is 35.6 Å². The smallest absolute Gasteiger partial charge is 0.311 e. The van der Waals surface area contributed by atoms with Gasteiger partial charge in [0.1, 0.15) is 0 Å². The van der Waals surface area contributed by atoms with E-state index in [0.29, 0.717) is 5.69 Å². The molecule has 0 radical (unpaired) electrons. The van der Waals surface area contributed by atoms with Crippen molar-refractivity contribution in [3.8, 4) is 0 Å². The number of nitrogens with zero attached hydrogens (tertiary/aromatic N) is 1. The molecule has 0 aliphatic rings. The van der Waals surface area contributed by atoms with E-state index in [4.69, 9.17) is 16.3 Å². The summed E-state index contributed by atoms with van der Waals surface area (Å²) >= 11 is 7.36. The number of carbonyl (C=O) groups is 1. The zero-order valence-electron chi connectivity index (χ0n) is 9.55. The van der Waals surface area contributed by atoms with Crippen molar-refractivity contribution in [3.05, 3.63) is 26.6 Å². The summed E-state index contributed by atoms with van der Waals surface area (Å²) < 4.78 is 30.7. The summed E-state index contributed by atoms with van der Waals surface area (Å²) in [5, 5.41) is 0. The fraction of sp³-hybridized carbons (Fsp3) is 0.455. The van der Waals surface area contributed by atoms with Gasteiger partial charge in [0.05, 0.1) is 30.3 Å². The molecular weight excluding hydrogens is 378 g/mol. The van der Waals surface area contributed by atoms with Gasteiger partial charge in [0.2, 0.25) is 0 Å². The molecule has 1 aromatic heterocycles. The second-order valence-electron chi connectivity index (χ2n) is 3.38. The van der Waals surface area contributed by atoms with E-state index in [1.807, 2.05) is 0 Å². The largest absolute Gasteiger partial charge is 0.466 e. The number of hydrogen-bond donors (Lipinski definition) is 0. The van der Waals surface area contributed by atoms with Crippen LogP contribution < -0.4 is 0 Å². The Morgan fingerprint density at radius 2 is 2.28 bits per heavy atom. The maximum atomic E-state index is 12.8. The third-order valence-corrected chi connectivity index (χ3v) is 3.62. The van der Waals surface area contributed by atoms with Gasteiger partial charge in [0, 0.05) is 9.13 Å². The Hall–Kier alpha value is -0.500. The van der Waals surface area contributed by atoms with E-state index in [1.165, 1.54) is 6.07 Å². The summed E-state index contributed by atoms with van der Waals surface area (Å²) in [4.78, 5) is 15.4. The molecule has 100 valence electrons. The van der Waals surface area contributed by atoms with Gasteiger partial charge in [0.25, 0.3) is 6.43 Å². The zero-order valence-corrected chi connectivity index (χ0v) is 12.5. The molecule has 0 aliphatic heterocycles. The van der Waals surface area contributed by atoms with Crippen LogP contribution in [-0.4, -0.2) is 17.6 Å². The Labute approximate surface area is 122 Å². The van der Waals surface area contributed by atoms with Crippen LogP contribution in [0.4, 0.5) is 8.78 Å². The summed E-state index contributed by atoms with van der Waals surface area (Å²) in [5.41, 5.74) is 0.453. The Kier molecular flexibility index (Phi) is 6.20. The first-order valence-electron chi connectivity index (χ1n) is 5.17. The Bertz CT molecular complexity index is 443. The van der Waals surface area contributed by atoms with Crippen LogP contribution in [0.2, 0.25) is 0 Å². The van der Waals surface area contributed by atoms with Gasteiger partial charge in [-0.25, -0.2) is 8.78 Å². The van der Waals surface area contributed by atoms with Crippen molar-refractivity contribution in [2.24, 2.45) is 0 Å². The number of esters is 1. The van der Waals surface area contributed by atoms with Crippen LogP contribution in [0.15, 0.2) is 6.07 Å². The molecule has 0 saturated carbocycles. The fourth-order valence-corrected chi connectivity index (χ4v) is 2.20. The number of halogens is 4. The van der Waals surface area contributed by atoms with Gasteiger partial charge in [-0.1, -0.05) is 0 Å². The standard InChI is InChI=1S/C11H11ClF2INO2/c1-2-18-9(17)4-8-10(15)7(11(13)14)3-6(5-12)16-8/h3,11H,2,4-5H2,1H3. The minimum Gasteiger partial charge on any atom is -0.466 e. The van der Waals surface area contributed by atoms with Crippen LogP contribution >= 0.6 is 34.2 Å². The van der Waals surface area contributed by atoms with Crippen LogP contribution in [0.25, 0.3) is 0 Å². The molecule has 0 aromatic carbocycles. The topological polar surface area (TPSA) is 39.2 Å². The maximum Gasteiger partial charge on any atom is 0.311 e. The zero-order chi connectivity index (χ0) is 13.7. The van der Waals surface area contributed by atoms with E-state index in [-0.39, 0.29) is 33.7 Å². The number of aromatic nitrogens is 1. The van der Waals surface area contributed by atoms with E-state index in [1.54, 1.807) is 29.5 Å². The molecule has 0 atom stereocenters. The average Bonchev–Trinajstić information content (AvgIpc) is 2.31. The van der Waals surface area contributed by atoms with Crippen LogP contribution in [-0.2, 0) is 21.8 Å². The quantitative estimate of drug-likeness (QED) is 0.440. The van der Waals surface area contributed by atoms with Crippen LogP contribution in [0.1, 0.15) is 30.3 Å². The lowest BCUT2D eigenvalue weighted by Gasteiger charge is -2.10. The van der Waals surface area contributed by atoms with E-state index in [9.17, 15) is 13.6 Å². The van der Waals surface area contributed by atoms with Gasteiger partial charge in [-0.2, -0.15) is 0 Å². The second kappa shape index (κ2) is 7.18. The molecule has 0 saturated heterocycles. The molecule has 0 bridgehead atoms. The predicted molar refractivity (Wildman–Crippen MR) is 71.8 cm³/mol. The van der Waals surface area contributed by atoms with Gasteiger partial charge in [0.15, 0.2) is 0 Å². The number of rotatable bonds is 5. The van der Waals surface area contributed by atoms with Gasteiger partial charge < -0.3 is 4.74 Å². The molecule has 1 heterocycles. The molecular formula is C11H11ClF2INO2. The molecule has 3 nitrogen and oxygen atoms in total. The van der Waals surface area contributed by atoms with E-state index < -0.39 is 12.4 Å². The number of ether oxygens (including phenoxy) is 1. The first kappa shape index (κ1) is 15.6. The average molecular weight is 390 g/mol.